The lowest BCUT2D eigenvalue weighted by atomic mass is 10.1. The molecule has 0 aromatic heterocycles. The molecule has 0 saturated carbocycles. The fraction of sp³-hybridized carbons (Fsp3) is 0.625. The molecule has 4 heteroatoms. The molecule has 1 aromatic carbocycles. The van der Waals surface area contributed by atoms with Crippen molar-refractivity contribution < 1.29 is 0 Å². The summed E-state index contributed by atoms with van der Waals surface area (Å²) < 4.78 is 0. The van der Waals surface area contributed by atoms with Crippen molar-refractivity contribution in [1.29, 1.82) is 0 Å². The monoisotopic (exact) mass is 293 g/mol. The Kier molecular flexibility index (Phi) is 4.20. The number of halogens is 1. The van der Waals surface area contributed by atoms with Crippen molar-refractivity contribution >= 4 is 17.3 Å². The predicted molar refractivity (Wildman–Crippen MR) is 85.6 cm³/mol. The topological polar surface area (TPSA) is 32.5 Å². The van der Waals surface area contributed by atoms with Crippen molar-refractivity contribution in [2.45, 2.75) is 38.3 Å². The SMILES string of the molecule is CC1CN2CCCC2CN1c1ccc(CCN)cc1Cl. The van der Waals surface area contributed by atoms with E-state index in [2.05, 4.69) is 34.9 Å². The quantitative estimate of drug-likeness (QED) is 0.929. The highest BCUT2D eigenvalue weighted by Crippen LogP contribution is 2.33. The van der Waals surface area contributed by atoms with Crippen LogP contribution in [0.25, 0.3) is 0 Å². The van der Waals surface area contributed by atoms with Crippen molar-refractivity contribution in [2.24, 2.45) is 5.73 Å². The number of nitrogens with two attached hydrogens (primary N) is 1. The lowest BCUT2D eigenvalue weighted by molar-refractivity contribution is 0.203. The van der Waals surface area contributed by atoms with Gasteiger partial charge in [-0.15, -0.1) is 0 Å². The number of fused-ring (bicyclic) bond motifs is 1. The average molecular weight is 294 g/mol. The van der Waals surface area contributed by atoms with Crippen molar-refractivity contribution in [2.75, 3.05) is 31.1 Å². The Morgan fingerprint density at radius 3 is 2.95 bits per heavy atom. The highest BCUT2D eigenvalue weighted by molar-refractivity contribution is 6.33. The molecule has 0 radical (unpaired) electrons. The second-order valence-corrected chi connectivity index (χ2v) is 6.52. The van der Waals surface area contributed by atoms with E-state index < -0.39 is 0 Å². The molecule has 2 aliphatic rings. The summed E-state index contributed by atoms with van der Waals surface area (Å²) in [6, 6.07) is 7.67. The van der Waals surface area contributed by atoms with Gasteiger partial charge in [0.05, 0.1) is 10.7 Å². The minimum absolute atomic E-state index is 0.530. The predicted octanol–water partition coefficient (Wildman–Crippen LogP) is 2.51. The summed E-state index contributed by atoms with van der Waals surface area (Å²) in [5.41, 5.74) is 8.03. The molecular formula is C16H24ClN3. The fourth-order valence-corrected chi connectivity index (χ4v) is 3.94. The van der Waals surface area contributed by atoms with Crippen LogP contribution in [0.2, 0.25) is 5.02 Å². The summed E-state index contributed by atoms with van der Waals surface area (Å²) in [5.74, 6) is 0. The van der Waals surface area contributed by atoms with E-state index >= 15 is 0 Å². The Morgan fingerprint density at radius 1 is 1.35 bits per heavy atom. The third kappa shape index (κ3) is 2.67. The minimum atomic E-state index is 0.530. The summed E-state index contributed by atoms with van der Waals surface area (Å²) in [7, 11) is 0. The van der Waals surface area contributed by atoms with Gasteiger partial charge in [-0.3, -0.25) is 4.90 Å². The molecule has 0 aliphatic carbocycles. The highest BCUT2D eigenvalue weighted by atomic mass is 35.5. The van der Waals surface area contributed by atoms with E-state index in [1.54, 1.807) is 0 Å². The molecular weight excluding hydrogens is 270 g/mol. The van der Waals surface area contributed by atoms with Crippen molar-refractivity contribution in [1.82, 2.24) is 4.90 Å². The average Bonchev–Trinajstić information content (AvgIpc) is 2.86. The number of piperazine rings is 1. The number of anilines is 1. The van der Waals surface area contributed by atoms with E-state index in [1.807, 2.05) is 0 Å². The van der Waals surface area contributed by atoms with Crippen LogP contribution < -0.4 is 10.6 Å². The van der Waals surface area contributed by atoms with Gasteiger partial charge in [-0.05, 0) is 57.0 Å². The Labute approximate surface area is 126 Å². The van der Waals surface area contributed by atoms with Crippen LogP contribution in [0, 0.1) is 0 Å². The Bertz CT molecular complexity index is 477. The summed E-state index contributed by atoms with van der Waals surface area (Å²) in [4.78, 5) is 5.12. The zero-order valence-electron chi connectivity index (χ0n) is 12.2. The highest BCUT2D eigenvalue weighted by Gasteiger charge is 2.34. The van der Waals surface area contributed by atoms with Gasteiger partial charge in [0.2, 0.25) is 0 Å². The molecule has 2 unspecified atom stereocenters. The van der Waals surface area contributed by atoms with Crippen LogP contribution in [-0.2, 0) is 6.42 Å². The van der Waals surface area contributed by atoms with Gasteiger partial charge in [-0.1, -0.05) is 17.7 Å². The van der Waals surface area contributed by atoms with Crippen LogP contribution in [0.5, 0.6) is 0 Å². The zero-order valence-corrected chi connectivity index (χ0v) is 12.9. The first-order valence-corrected chi connectivity index (χ1v) is 8.06. The smallest absolute Gasteiger partial charge is 0.0642 e. The van der Waals surface area contributed by atoms with Crippen LogP contribution in [0.15, 0.2) is 18.2 Å². The molecule has 20 heavy (non-hydrogen) atoms. The zero-order chi connectivity index (χ0) is 14.1. The molecule has 2 heterocycles. The molecule has 2 aliphatic heterocycles. The van der Waals surface area contributed by atoms with Crippen molar-refractivity contribution in [3.8, 4) is 0 Å². The first kappa shape index (κ1) is 14.2. The number of hydrogen-bond acceptors (Lipinski definition) is 3. The molecule has 110 valence electrons. The molecule has 0 bridgehead atoms. The Balaban J connectivity index is 1.81. The Morgan fingerprint density at radius 2 is 2.20 bits per heavy atom. The molecule has 2 fully saturated rings. The number of benzene rings is 1. The van der Waals surface area contributed by atoms with Gasteiger partial charge in [0.25, 0.3) is 0 Å². The van der Waals surface area contributed by atoms with Gasteiger partial charge in [-0.2, -0.15) is 0 Å². The summed E-state index contributed by atoms with van der Waals surface area (Å²) in [5, 5.41) is 0.870. The van der Waals surface area contributed by atoms with E-state index in [4.69, 9.17) is 17.3 Å². The lowest BCUT2D eigenvalue weighted by Gasteiger charge is -2.44. The van der Waals surface area contributed by atoms with Crippen molar-refractivity contribution in [3.63, 3.8) is 0 Å². The van der Waals surface area contributed by atoms with Gasteiger partial charge in [0, 0.05) is 25.2 Å². The van der Waals surface area contributed by atoms with Gasteiger partial charge in [0.15, 0.2) is 0 Å². The number of rotatable bonds is 3. The molecule has 1 aromatic rings. The number of hydrogen-bond donors (Lipinski definition) is 1. The first-order chi connectivity index (χ1) is 9.69. The second-order valence-electron chi connectivity index (χ2n) is 6.12. The van der Waals surface area contributed by atoms with Gasteiger partial charge in [-0.25, -0.2) is 0 Å². The van der Waals surface area contributed by atoms with Gasteiger partial charge < -0.3 is 10.6 Å². The maximum absolute atomic E-state index is 6.51. The minimum Gasteiger partial charge on any atom is -0.365 e. The van der Waals surface area contributed by atoms with Crippen LogP contribution in [0.4, 0.5) is 5.69 Å². The van der Waals surface area contributed by atoms with E-state index in [0.29, 0.717) is 18.6 Å². The van der Waals surface area contributed by atoms with Crippen LogP contribution in [0.3, 0.4) is 0 Å². The molecule has 0 spiro atoms. The molecule has 2 N–H and O–H groups in total. The van der Waals surface area contributed by atoms with E-state index in [1.165, 1.54) is 30.6 Å². The molecule has 2 saturated heterocycles. The third-order valence-corrected chi connectivity index (χ3v) is 4.99. The summed E-state index contributed by atoms with van der Waals surface area (Å²) >= 11 is 6.51. The second kappa shape index (κ2) is 5.92. The number of nitrogens with zero attached hydrogens (tertiary/aromatic N) is 2. The molecule has 0 amide bonds. The van der Waals surface area contributed by atoms with E-state index in [-0.39, 0.29) is 0 Å². The van der Waals surface area contributed by atoms with Crippen LogP contribution >= 0.6 is 11.6 Å². The van der Waals surface area contributed by atoms with Crippen LogP contribution in [-0.4, -0.2) is 43.2 Å². The van der Waals surface area contributed by atoms with Gasteiger partial charge in [0.1, 0.15) is 0 Å². The Hall–Kier alpha value is -0.770. The van der Waals surface area contributed by atoms with Gasteiger partial charge >= 0.3 is 0 Å². The normalized spacial score (nSPS) is 26.9. The van der Waals surface area contributed by atoms with Crippen molar-refractivity contribution in [3.05, 3.63) is 28.8 Å². The van der Waals surface area contributed by atoms with Crippen LogP contribution in [0.1, 0.15) is 25.3 Å². The molecule has 2 atom stereocenters. The van der Waals surface area contributed by atoms with E-state index in [0.717, 1.165) is 24.5 Å². The summed E-state index contributed by atoms with van der Waals surface area (Å²) in [6.45, 7) is 6.51. The standard InChI is InChI=1S/C16H24ClN3/c1-12-10-19-8-2-3-14(19)11-20(12)16-5-4-13(6-7-18)9-15(16)17/h4-5,9,12,14H,2-3,6-8,10-11,18H2,1H3. The fourth-order valence-electron chi connectivity index (χ4n) is 3.63. The molecule has 3 nitrogen and oxygen atoms in total. The maximum atomic E-state index is 6.51. The van der Waals surface area contributed by atoms with E-state index in [9.17, 15) is 0 Å². The third-order valence-electron chi connectivity index (χ3n) is 4.69. The maximum Gasteiger partial charge on any atom is 0.0642 e. The largest absolute Gasteiger partial charge is 0.365 e. The molecule has 3 rings (SSSR count). The lowest BCUT2D eigenvalue weighted by Crippen LogP contribution is -2.55. The summed E-state index contributed by atoms with van der Waals surface area (Å²) in [6.07, 6.45) is 3.56. The first-order valence-electron chi connectivity index (χ1n) is 7.68.